The molecule has 0 amide bonds. The normalized spacial score (nSPS) is 13.4. The molecule has 0 radical (unpaired) electrons. The molecule has 2 nitrogen and oxygen atoms in total. The van der Waals surface area contributed by atoms with E-state index in [0.717, 1.165) is 13.0 Å². The molecule has 1 atom stereocenters. The molecule has 0 saturated heterocycles. The second kappa shape index (κ2) is 6.23. The average molecular weight is 226 g/mol. The highest BCUT2D eigenvalue weighted by Gasteiger charge is 2.08. The minimum absolute atomic E-state index is 0.567. The van der Waals surface area contributed by atoms with E-state index in [1.54, 1.807) is 11.3 Å². The third kappa shape index (κ3) is 4.31. The summed E-state index contributed by atoms with van der Waals surface area (Å²) >= 11 is 1.80. The minimum Gasteiger partial charge on any atom is -0.314 e. The van der Waals surface area contributed by atoms with Gasteiger partial charge in [-0.1, -0.05) is 27.7 Å². The van der Waals surface area contributed by atoms with Gasteiger partial charge in [-0.05, 0) is 6.42 Å². The molecule has 0 aliphatic carbocycles. The number of nitrogens with zero attached hydrogens (tertiary/aromatic N) is 1. The lowest BCUT2D eigenvalue weighted by molar-refractivity contribution is 0.587. The Balaban J connectivity index is 2.39. The molecule has 0 fully saturated rings. The van der Waals surface area contributed by atoms with Crippen LogP contribution in [0.25, 0.3) is 0 Å². The smallest absolute Gasteiger partial charge is 0.0956 e. The van der Waals surface area contributed by atoms with Crippen LogP contribution in [0.2, 0.25) is 0 Å². The van der Waals surface area contributed by atoms with Crippen molar-refractivity contribution in [1.82, 2.24) is 10.3 Å². The molecule has 3 heteroatoms. The molecule has 0 aromatic carbocycles. The van der Waals surface area contributed by atoms with Crippen LogP contribution in [0.4, 0.5) is 0 Å². The van der Waals surface area contributed by atoms with Gasteiger partial charge in [-0.2, -0.15) is 0 Å². The number of hydrogen-bond donors (Lipinski definition) is 1. The lowest BCUT2D eigenvalue weighted by atomic mass is 10.1. The third-order valence-corrected chi connectivity index (χ3v) is 3.66. The van der Waals surface area contributed by atoms with Crippen LogP contribution in [0.5, 0.6) is 0 Å². The van der Waals surface area contributed by atoms with Crippen molar-refractivity contribution in [1.29, 1.82) is 0 Å². The molecule has 1 rings (SSSR count). The van der Waals surface area contributed by atoms with E-state index in [4.69, 9.17) is 0 Å². The summed E-state index contributed by atoms with van der Waals surface area (Å²) in [7, 11) is 0. The molecular weight excluding hydrogens is 204 g/mol. The van der Waals surface area contributed by atoms with Crippen LogP contribution in [-0.2, 0) is 6.42 Å². The highest BCUT2D eigenvalue weighted by atomic mass is 32.1. The summed E-state index contributed by atoms with van der Waals surface area (Å²) in [6.07, 6.45) is 2.22. The highest BCUT2D eigenvalue weighted by Crippen LogP contribution is 2.22. The molecule has 15 heavy (non-hydrogen) atoms. The van der Waals surface area contributed by atoms with Gasteiger partial charge >= 0.3 is 0 Å². The number of hydrogen-bond acceptors (Lipinski definition) is 3. The van der Waals surface area contributed by atoms with Crippen LogP contribution in [0.3, 0.4) is 0 Å². The fourth-order valence-corrected chi connectivity index (χ4v) is 2.32. The van der Waals surface area contributed by atoms with Gasteiger partial charge in [-0.15, -0.1) is 11.3 Å². The van der Waals surface area contributed by atoms with Crippen LogP contribution in [-0.4, -0.2) is 17.6 Å². The lowest BCUT2D eigenvalue weighted by Crippen LogP contribution is -2.25. The lowest BCUT2D eigenvalue weighted by Gasteiger charge is -2.06. The molecule has 0 aliphatic rings. The van der Waals surface area contributed by atoms with Gasteiger partial charge in [0.25, 0.3) is 0 Å². The Morgan fingerprint density at radius 1 is 1.40 bits per heavy atom. The van der Waals surface area contributed by atoms with Crippen LogP contribution in [0.1, 0.15) is 50.7 Å². The van der Waals surface area contributed by atoms with Crippen molar-refractivity contribution in [2.75, 3.05) is 6.54 Å². The van der Waals surface area contributed by atoms with E-state index in [9.17, 15) is 0 Å². The first kappa shape index (κ1) is 12.7. The van der Waals surface area contributed by atoms with Crippen molar-refractivity contribution in [3.05, 3.63) is 16.1 Å². The van der Waals surface area contributed by atoms with E-state index >= 15 is 0 Å². The Hall–Kier alpha value is -0.410. The van der Waals surface area contributed by atoms with Gasteiger partial charge in [-0.25, -0.2) is 4.98 Å². The molecule has 1 heterocycles. The van der Waals surface area contributed by atoms with Crippen LogP contribution >= 0.6 is 11.3 Å². The molecule has 0 saturated carbocycles. The van der Waals surface area contributed by atoms with Gasteiger partial charge in [0, 0.05) is 30.3 Å². The van der Waals surface area contributed by atoms with Crippen molar-refractivity contribution in [2.24, 2.45) is 0 Å². The quantitative estimate of drug-likeness (QED) is 0.806. The molecule has 0 spiro atoms. The van der Waals surface area contributed by atoms with Gasteiger partial charge in [0.1, 0.15) is 0 Å². The van der Waals surface area contributed by atoms with E-state index in [-0.39, 0.29) is 0 Å². The summed E-state index contributed by atoms with van der Waals surface area (Å²) in [4.78, 5) is 4.66. The van der Waals surface area contributed by atoms with Crippen molar-refractivity contribution in [2.45, 2.75) is 52.5 Å². The van der Waals surface area contributed by atoms with E-state index in [2.05, 4.69) is 43.4 Å². The maximum absolute atomic E-state index is 4.66. The number of aromatic nitrogens is 1. The largest absolute Gasteiger partial charge is 0.314 e. The Morgan fingerprint density at radius 2 is 2.13 bits per heavy atom. The number of nitrogens with one attached hydrogen (secondary N) is 1. The summed E-state index contributed by atoms with van der Waals surface area (Å²) in [5.41, 5.74) is 1.24. The van der Waals surface area contributed by atoms with E-state index < -0.39 is 0 Å². The van der Waals surface area contributed by atoms with Crippen molar-refractivity contribution < 1.29 is 0 Å². The van der Waals surface area contributed by atoms with Crippen LogP contribution in [0.15, 0.2) is 5.38 Å². The monoisotopic (exact) mass is 226 g/mol. The average Bonchev–Trinajstić information content (AvgIpc) is 2.65. The van der Waals surface area contributed by atoms with Gasteiger partial charge in [0.15, 0.2) is 0 Å². The second-order valence-corrected chi connectivity index (χ2v) is 5.23. The zero-order chi connectivity index (χ0) is 11.3. The van der Waals surface area contributed by atoms with E-state index in [1.165, 1.54) is 17.1 Å². The molecule has 1 aromatic rings. The maximum atomic E-state index is 4.66. The van der Waals surface area contributed by atoms with Crippen LogP contribution < -0.4 is 5.32 Å². The summed E-state index contributed by atoms with van der Waals surface area (Å²) in [6.45, 7) is 9.83. The highest BCUT2D eigenvalue weighted by molar-refractivity contribution is 7.09. The fraction of sp³-hybridized carbons (Fsp3) is 0.750. The predicted octanol–water partition coefficient (Wildman–Crippen LogP) is 3.20. The molecule has 1 aromatic heterocycles. The Bertz CT molecular complexity index is 281. The summed E-state index contributed by atoms with van der Waals surface area (Å²) in [5, 5.41) is 6.90. The molecule has 1 N–H and O–H groups in total. The van der Waals surface area contributed by atoms with Crippen molar-refractivity contribution in [3.8, 4) is 0 Å². The molecule has 86 valence electrons. The maximum Gasteiger partial charge on any atom is 0.0956 e. The first-order chi connectivity index (χ1) is 7.13. The van der Waals surface area contributed by atoms with Gasteiger partial charge in [0.2, 0.25) is 0 Å². The number of thiazole rings is 1. The molecule has 1 unspecified atom stereocenters. The fourth-order valence-electron chi connectivity index (χ4n) is 1.33. The molecular formula is C12H22N2S. The summed E-state index contributed by atoms with van der Waals surface area (Å²) in [5.74, 6) is 0.613. The Kier molecular flexibility index (Phi) is 5.26. The molecule has 0 bridgehead atoms. The Labute approximate surface area is 97.1 Å². The van der Waals surface area contributed by atoms with Crippen LogP contribution in [0, 0.1) is 0 Å². The summed E-state index contributed by atoms with van der Waals surface area (Å²) in [6, 6.07) is 0.567. The summed E-state index contributed by atoms with van der Waals surface area (Å²) < 4.78 is 0. The van der Waals surface area contributed by atoms with Gasteiger partial charge < -0.3 is 5.32 Å². The topological polar surface area (TPSA) is 24.9 Å². The van der Waals surface area contributed by atoms with Crippen molar-refractivity contribution in [3.63, 3.8) is 0 Å². The second-order valence-electron chi connectivity index (χ2n) is 4.35. The zero-order valence-corrected chi connectivity index (χ0v) is 11.0. The van der Waals surface area contributed by atoms with E-state index in [1.807, 2.05) is 0 Å². The predicted molar refractivity (Wildman–Crippen MR) is 67.7 cm³/mol. The molecule has 0 aliphatic heterocycles. The first-order valence-electron chi connectivity index (χ1n) is 5.81. The van der Waals surface area contributed by atoms with Gasteiger partial charge in [-0.3, -0.25) is 0 Å². The van der Waals surface area contributed by atoms with Gasteiger partial charge in [0.05, 0.1) is 10.7 Å². The standard InChI is InChI=1S/C12H22N2S/c1-5-10(4)12-14-11(8-15-12)6-7-13-9(2)3/h8-10,13H,5-7H2,1-4H3. The first-order valence-corrected chi connectivity index (χ1v) is 6.69. The SMILES string of the molecule is CCC(C)c1nc(CCNC(C)C)cs1. The Morgan fingerprint density at radius 3 is 2.73 bits per heavy atom. The number of rotatable bonds is 6. The van der Waals surface area contributed by atoms with Crippen molar-refractivity contribution >= 4 is 11.3 Å². The zero-order valence-electron chi connectivity index (χ0n) is 10.2. The van der Waals surface area contributed by atoms with E-state index in [0.29, 0.717) is 12.0 Å². The minimum atomic E-state index is 0.567. The third-order valence-electron chi connectivity index (χ3n) is 2.54.